The highest BCUT2D eigenvalue weighted by molar-refractivity contribution is 5.86. The molecule has 2 aliphatic rings. The van der Waals surface area contributed by atoms with Crippen molar-refractivity contribution in [3.63, 3.8) is 0 Å². The van der Waals surface area contributed by atoms with E-state index in [1.807, 2.05) is 11.9 Å². The maximum Gasteiger partial charge on any atom is 0.226 e. The molecule has 2 heterocycles. The third kappa shape index (κ3) is 6.24. The van der Waals surface area contributed by atoms with Crippen LogP contribution in [0.25, 0.3) is 0 Å². The van der Waals surface area contributed by atoms with Crippen molar-refractivity contribution in [1.82, 2.24) is 20.0 Å². The molecule has 1 aromatic carbocycles. The Morgan fingerprint density at radius 2 is 1.79 bits per heavy atom. The van der Waals surface area contributed by atoms with Crippen molar-refractivity contribution in [1.29, 1.82) is 0 Å². The molecule has 0 aromatic heterocycles. The van der Waals surface area contributed by atoms with Crippen molar-refractivity contribution >= 4 is 11.8 Å². The second kappa shape index (κ2) is 10.2. The van der Waals surface area contributed by atoms with Crippen molar-refractivity contribution < 1.29 is 14.0 Å². The number of amides is 2. The van der Waals surface area contributed by atoms with E-state index in [0.29, 0.717) is 19.5 Å². The first kappa shape index (κ1) is 21.7. The van der Waals surface area contributed by atoms with Gasteiger partial charge in [0.05, 0.1) is 0 Å². The quantitative estimate of drug-likeness (QED) is 0.830. The van der Waals surface area contributed by atoms with Gasteiger partial charge in [0.1, 0.15) is 5.82 Å². The minimum Gasteiger partial charge on any atom is -0.344 e. The third-order valence-corrected chi connectivity index (χ3v) is 6.12. The van der Waals surface area contributed by atoms with Crippen molar-refractivity contribution in [2.24, 2.45) is 5.92 Å². The van der Waals surface area contributed by atoms with Crippen LogP contribution >= 0.6 is 0 Å². The third-order valence-electron chi connectivity index (χ3n) is 6.12. The second-order valence-electron chi connectivity index (χ2n) is 8.44. The van der Waals surface area contributed by atoms with E-state index in [0.717, 1.165) is 51.0 Å². The molecule has 160 valence electrons. The molecule has 29 heavy (non-hydrogen) atoms. The molecule has 2 aliphatic heterocycles. The summed E-state index contributed by atoms with van der Waals surface area (Å²) in [6.07, 6.45) is 2.86. The van der Waals surface area contributed by atoms with E-state index < -0.39 is 0 Å². The molecule has 0 spiro atoms. The number of nitrogens with zero attached hydrogens (tertiary/aromatic N) is 3. The average Bonchev–Trinajstić information content (AvgIpc) is 2.78. The Balaban J connectivity index is 1.57. The zero-order valence-corrected chi connectivity index (χ0v) is 17.6. The topological polar surface area (TPSA) is 55.9 Å². The van der Waals surface area contributed by atoms with Gasteiger partial charge in [0, 0.05) is 64.7 Å². The summed E-state index contributed by atoms with van der Waals surface area (Å²) in [5, 5.41) is 3.50. The zero-order valence-electron chi connectivity index (χ0n) is 17.6. The number of halogens is 1. The van der Waals surface area contributed by atoms with Crippen molar-refractivity contribution in [2.45, 2.75) is 38.3 Å². The first-order chi connectivity index (χ1) is 13.9. The molecule has 0 aliphatic carbocycles. The summed E-state index contributed by atoms with van der Waals surface area (Å²) >= 11 is 0. The van der Waals surface area contributed by atoms with Crippen LogP contribution in [0.3, 0.4) is 0 Å². The molecule has 0 saturated carbocycles. The van der Waals surface area contributed by atoms with Crippen molar-refractivity contribution in [2.75, 3.05) is 46.8 Å². The van der Waals surface area contributed by atoms with Gasteiger partial charge in [-0.25, -0.2) is 4.39 Å². The molecule has 2 saturated heterocycles. The monoisotopic (exact) mass is 404 g/mol. The maximum absolute atomic E-state index is 13.1. The van der Waals surface area contributed by atoms with Gasteiger partial charge < -0.3 is 20.0 Å². The fraction of sp³-hybridized carbons (Fsp3) is 0.636. The van der Waals surface area contributed by atoms with Gasteiger partial charge in [0.2, 0.25) is 11.8 Å². The molecular weight excluding hydrogens is 371 g/mol. The number of carbonyl (C=O) groups excluding carboxylic acids is 2. The van der Waals surface area contributed by atoms with Crippen LogP contribution in [0.4, 0.5) is 4.39 Å². The number of hydrogen-bond donors (Lipinski definition) is 1. The molecule has 0 bridgehead atoms. The minimum atomic E-state index is -0.238. The highest BCUT2D eigenvalue weighted by Crippen LogP contribution is 2.21. The van der Waals surface area contributed by atoms with Crippen LogP contribution < -0.4 is 5.32 Å². The van der Waals surface area contributed by atoms with Gasteiger partial charge in [-0.1, -0.05) is 18.6 Å². The number of rotatable bonds is 4. The fourth-order valence-electron chi connectivity index (χ4n) is 4.13. The number of hydrogen-bond acceptors (Lipinski definition) is 4. The van der Waals surface area contributed by atoms with E-state index in [1.165, 1.54) is 12.1 Å². The number of carbonyl (C=O) groups is 2. The van der Waals surface area contributed by atoms with Gasteiger partial charge in [0.15, 0.2) is 0 Å². The Hall–Kier alpha value is -1.99. The predicted molar refractivity (Wildman–Crippen MR) is 111 cm³/mol. The summed E-state index contributed by atoms with van der Waals surface area (Å²) in [4.78, 5) is 31.6. The zero-order chi connectivity index (χ0) is 20.8. The molecule has 2 fully saturated rings. The summed E-state index contributed by atoms with van der Waals surface area (Å²) in [7, 11) is 3.89. The number of piperazine rings is 1. The predicted octanol–water partition coefficient (Wildman–Crippen LogP) is 1.71. The first-order valence-electron chi connectivity index (χ1n) is 10.6. The second-order valence-corrected chi connectivity index (χ2v) is 8.44. The molecule has 0 unspecified atom stereocenters. The van der Waals surface area contributed by atoms with Crippen LogP contribution in [0.15, 0.2) is 24.3 Å². The first-order valence-corrected chi connectivity index (χ1v) is 10.6. The number of likely N-dealkylation sites (N-methyl/N-ethyl adjacent to an activating group) is 2. The number of nitrogens with one attached hydrogen (secondary N) is 1. The molecule has 6 nitrogen and oxygen atoms in total. The lowest BCUT2D eigenvalue weighted by molar-refractivity contribution is -0.142. The maximum atomic E-state index is 13.1. The van der Waals surface area contributed by atoms with Gasteiger partial charge in [-0.2, -0.15) is 0 Å². The van der Waals surface area contributed by atoms with Gasteiger partial charge >= 0.3 is 0 Å². The Kier molecular flexibility index (Phi) is 7.61. The highest BCUT2D eigenvalue weighted by Gasteiger charge is 2.31. The molecule has 7 heteroatoms. The van der Waals surface area contributed by atoms with E-state index in [2.05, 4.69) is 17.3 Å². The van der Waals surface area contributed by atoms with Gasteiger partial charge in [0.25, 0.3) is 0 Å². The lowest BCUT2D eigenvalue weighted by atomic mass is 9.95. The molecule has 2 atom stereocenters. The van der Waals surface area contributed by atoms with E-state index in [-0.39, 0.29) is 29.6 Å². The Morgan fingerprint density at radius 3 is 2.48 bits per heavy atom. The molecule has 1 N–H and O–H groups in total. The molecule has 3 rings (SSSR count). The number of benzene rings is 1. The van der Waals surface area contributed by atoms with Crippen molar-refractivity contribution in [3.8, 4) is 0 Å². The van der Waals surface area contributed by atoms with Gasteiger partial charge in [-0.3, -0.25) is 9.59 Å². The normalized spacial score (nSPS) is 24.7. The summed E-state index contributed by atoms with van der Waals surface area (Å²) in [6, 6.07) is 6.63. The van der Waals surface area contributed by atoms with Crippen LogP contribution in [0.2, 0.25) is 0 Å². The van der Waals surface area contributed by atoms with Crippen LogP contribution in [0.1, 0.15) is 31.2 Å². The molecule has 0 radical (unpaired) electrons. The van der Waals surface area contributed by atoms with Crippen LogP contribution in [0.5, 0.6) is 0 Å². The summed E-state index contributed by atoms with van der Waals surface area (Å²) in [5.74, 6) is -0.285. The summed E-state index contributed by atoms with van der Waals surface area (Å²) < 4.78 is 13.1. The van der Waals surface area contributed by atoms with Gasteiger partial charge in [-0.05, 0) is 37.6 Å². The van der Waals surface area contributed by atoms with Gasteiger partial charge in [-0.15, -0.1) is 0 Å². The molecule has 1 aromatic rings. The lowest BCUT2D eigenvalue weighted by Gasteiger charge is -2.34. The van der Waals surface area contributed by atoms with E-state index in [4.69, 9.17) is 0 Å². The van der Waals surface area contributed by atoms with E-state index in [9.17, 15) is 14.0 Å². The van der Waals surface area contributed by atoms with Crippen LogP contribution in [0, 0.1) is 11.7 Å². The van der Waals surface area contributed by atoms with Crippen LogP contribution in [-0.4, -0.2) is 79.4 Å². The Labute approximate surface area is 173 Å². The van der Waals surface area contributed by atoms with E-state index in [1.54, 1.807) is 17.0 Å². The standard InChI is InChI=1S/C22H33FN4O2/c1-25-10-12-27(13-11-25)22(29)18-4-3-5-20(16-26(2)21(28)14-18)24-15-17-6-8-19(23)9-7-17/h6-9,18,20,24H,3-5,10-16H2,1-2H3/t18-,20-/m1/s1. The molecule has 2 amide bonds. The van der Waals surface area contributed by atoms with E-state index >= 15 is 0 Å². The molecular formula is C22H33FN4O2. The minimum absolute atomic E-state index is 0.0351. The summed E-state index contributed by atoms with van der Waals surface area (Å²) in [6.45, 7) is 4.53. The van der Waals surface area contributed by atoms with Crippen LogP contribution in [-0.2, 0) is 16.1 Å². The largest absolute Gasteiger partial charge is 0.344 e. The Bertz CT molecular complexity index is 689. The smallest absolute Gasteiger partial charge is 0.226 e. The van der Waals surface area contributed by atoms with Crippen molar-refractivity contribution in [3.05, 3.63) is 35.6 Å². The Morgan fingerprint density at radius 1 is 1.10 bits per heavy atom. The SMILES string of the molecule is CN1CCN(C(=O)[C@@H]2CCC[C@@H](NCc3ccc(F)cc3)CN(C)C(=O)C2)CC1. The lowest BCUT2D eigenvalue weighted by Crippen LogP contribution is -2.49. The average molecular weight is 405 g/mol. The highest BCUT2D eigenvalue weighted by atomic mass is 19.1. The fourth-order valence-corrected chi connectivity index (χ4v) is 4.13. The summed E-state index contributed by atoms with van der Waals surface area (Å²) in [5.41, 5.74) is 1.02.